The maximum Gasteiger partial charge on any atom is 0.270 e. The van der Waals surface area contributed by atoms with Crippen LogP contribution in [0.5, 0.6) is 5.75 Å². The summed E-state index contributed by atoms with van der Waals surface area (Å²) in [6.07, 6.45) is 6.11. The Kier molecular flexibility index (Phi) is 9.52. The van der Waals surface area contributed by atoms with Crippen LogP contribution in [-0.4, -0.2) is 29.1 Å². The summed E-state index contributed by atoms with van der Waals surface area (Å²) >= 11 is 1.51. The average molecular weight is 445 g/mol. The number of nitro benzene ring substituents is 1. The summed E-state index contributed by atoms with van der Waals surface area (Å²) in [6, 6.07) is 11.2. The molecule has 2 aromatic rings. The Morgan fingerprint density at radius 3 is 2.23 bits per heavy atom. The number of ketones is 1. The number of nitrogens with zero attached hydrogens (tertiary/aromatic N) is 1. The number of benzene rings is 2. The average Bonchev–Trinajstić information content (AvgIpc) is 2.79. The van der Waals surface area contributed by atoms with Crippen molar-refractivity contribution in [1.82, 2.24) is 0 Å². The maximum absolute atomic E-state index is 13.2. The first-order valence-corrected chi connectivity index (χ1v) is 11.7. The summed E-state index contributed by atoms with van der Waals surface area (Å²) < 4.78 is 5.15. The molecule has 0 aliphatic heterocycles. The van der Waals surface area contributed by atoms with Gasteiger partial charge in [0.1, 0.15) is 5.75 Å². The van der Waals surface area contributed by atoms with Crippen LogP contribution in [0.4, 0.5) is 5.69 Å². The molecule has 0 unspecified atom stereocenters. The molecule has 0 fully saturated rings. The minimum Gasteiger partial charge on any atom is -0.497 e. The third-order valence-electron chi connectivity index (χ3n) is 5.34. The predicted octanol–water partition coefficient (Wildman–Crippen LogP) is 6.00. The standard InChI is InChI=1S/C24H32N2O4S/c1-4-6-14-24(25,15-7-5-2)17-31-22-13-10-19(26(28)29)16-21(22)23(27)18-8-11-20(30-3)12-9-18/h8-13,16H,4-7,14-15,17,25H2,1-3H3. The molecule has 0 saturated carbocycles. The fourth-order valence-electron chi connectivity index (χ4n) is 3.38. The van der Waals surface area contributed by atoms with Gasteiger partial charge in [0, 0.05) is 39.4 Å². The number of nitro groups is 1. The van der Waals surface area contributed by atoms with Gasteiger partial charge in [0.05, 0.1) is 12.0 Å². The molecule has 31 heavy (non-hydrogen) atoms. The molecule has 7 heteroatoms. The number of ether oxygens (including phenoxy) is 1. The minimum atomic E-state index is -0.477. The molecule has 2 N–H and O–H groups in total. The Morgan fingerprint density at radius 2 is 1.71 bits per heavy atom. The van der Waals surface area contributed by atoms with Crippen LogP contribution in [0.3, 0.4) is 0 Å². The second-order valence-corrected chi connectivity index (χ2v) is 8.87. The number of carbonyl (C=O) groups excluding carboxylic acids is 1. The zero-order valence-corrected chi connectivity index (χ0v) is 19.4. The zero-order valence-electron chi connectivity index (χ0n) is 18.6. The van der Waals surface area contributed by atoms with Crippen molar-refractivity contribution in [3.05, 3.63) is 63.7 Å². The van der Waals surface area contributed by atoms with E-state index in [0.717, 1.165) is 38.5 Å². The second kappa shape index (κ2) is 11.9. The van der Waals surface area contributed by atoms with Crippen molar-refractivity contribution in [2.45, 2.75) is 62.8 Å². The van der Waals surface area contributed by atoms with Gasteiger partial charge in [-0.15, -0.1) is 11.8 Å². The largest absolute Gasteiger partial charge is 0.497 e. The molecular formula is C24H32N2O4S. The Morgan fingerprint density at radius 1 is 1.10 bits per heavy atom. The molecule has 0 aromatic heterocycles. The molecule has 0 radical (unpaired) electrons. The normalized spacial score (nSPS) is 11.4. The number of nitrogens with two attached hydrogens (primary N) is 1. The van der Waals surface area contributed by atoms with Crippen molar-refractivity contribution in [2.24, 2.45) is 5.73 Å². The van der Waals surface area contributed by atoms with Crippen LogP contribution in [0.2, 0.25) is 0 Å². The fraction of sp³-hybridized carbons (Fsp3) is 0.458. The van der Waals surface area contributed by atoms with Crippen molar-refractivity contribution >= 4 is 23.2 Å². The van der Waals surface area contributed by atoms with Gasteiger partial charge in [-0.1, -0.05) is 39.5 Å². The summed E-state index contributed by atoms with van der Waals surface area (Å²) in [4.78, 5) is 24.8. The Hall–Kier alpha value is -2.38. The van der Waals surface area contributed by atoms with Gasteiger partial charge in [-0.3, -0.25) is 14.9 Å². The molecule has 0 bridgehead atoms. The highest BCUT2D eigenvalue weighted by Crippen LogP contribution is 2.33. The molecule has 0 spiro atoms. The monoisotopic (exact) mass is 444 g/mol. The van der Waals surface area contributed by atoms with E-state index in [2.05, 4.69) is 13.8 Å². The van der Waals surface area contributed by atoms with E-state index in [1.165, 1.54) is 23.9 Å². The molecule has 6 nitrogen and oxygen atoms in total. The number of rotatable bonds is 13. The molecule has 0 heterocycles. The lowest BCUT2D eigenvalue weighted by molar-refractivity contribution is -0.384. The SMILES string of the molecule is CCCCC(N)(CCCC)CSc1ccc([N+](=O)[O-])cc1C(=O)c1ccc(OC)cc1. The van der Waals surface area contributed by atoms with E-state index in [9.17, 15) is 14.9 Å². The molecule has 0 saturated heterocycles. The zero-order chi connectivity index (χ0) is 22.9. The van der Waals surface area contributed by atoms with Gasteiger partial charge in [-0.05, 0) is 43.2 Å². The van der Waals surface area contributed by atoms with E-state index < -0.39 is 4.92 Å². The van der Waals surface area contributed by atoms with Crippen LogP contribution in [0.15, 0.2) is 47.4 Å². The third-order valence-corrected chi connectivity index (χ3v) is 6.73. The molecular weight excluding hydrogens is 412 g/mol. The van der Waals surface area contributed by atoms with Crippen molar-refractivity contribution in [3.8, 4) is 5.75 Å². The highest BCUT2D eigenvalue weighted by Gasteiger charge is 2.26. The molecule has 2 aromatic carbocycles. The number of non-ortho nitro benzene ring substituents is 1. The van der Waals surface area contributed by atoms with Gasteiger partial charge in [0.2, 0.25) is 0 Å². The summed E-state index contributed by atoms with van der Waals surface area (Å²) in [6.45, 7) is 4.30. The van der Waals surface area contributed by atoms with Crippen molar-refractivity contribution in [3.63, 3.8) is 0 Å². The van der Waals surface area contributed by atoms with Crippen LogP contribution in [0, 0.1) is 10.1 Å². The lowest BCUT2D eigenvalue weighted by Crippen LogP contribution is -2.42. The predicted molar refractivity (Wildman–Crippen MR) is 126 cm³/mol. The first-order valence-electron chi connectivity index (χ1n) is 10.7. The fourth-order valence-corrected chi connectivity index (χ4v) is 4.58. The molecule has 2 rings (SSSR count). The number of thioether (sulfide) groups is 1. The molecule has 0 aliphatic rings. The van der Waals surface area contributed by atoms with Crippen LogP contribution >= 0.6 is 11.8 Å². The van der Waals surface area contributed by atoms with E-state index in [-0.39, 0.29) is 17.0 Å². The number of hydrogen-bond donors (Lipinski definition) is 1. The van der Waals surface area contributed by atoms with Gasteiger partial charge in [-0.25, -0.2) is 0 Å². The highest BCUT2D eigenvalue weighted by molar-refractivity contribution is 7.99. The van der Waals surface area contributed by atoms with E-state index in [1.807, 2.05) is 0 Å². The van der Waals surface area contributed by atoms with E-state index in [0.29, 0.717) is 27.5 Å². The first-order chi connectivity index (χ1) is 14.8. The van der Waals surface area contributed by atoms with Crippen molar-refractivity contribution in [1.29, 1.82) is 0 Å². The van der Waals surface area contributed by atoms with Gasteiger partial charge in [0.15, 0.2) is 5.78 Å². The van der Waals surface area contributed by atoms with Crippen LogP contribution in [-0.2, 0) is 0 Å². The summed E-state index contributed by atoms with van der Waals surface area (Å²) in [5, 5.41) is 11.3. The van der Waals surface area contributed by atoms with E-state index >= 15 is 0 Å². The van der Waals surface area contributed by atoms with Crippen molar-refractivity contribution in [2.75, 3.05) is 12.9 Å². The Balaban J connectivity index is 2.33. The highest BCUT2D eigenvalue weighted by atomic mass is 32.2. The van der Waals surface area contributed by atoms with Crippen LogP contribution in [0.1, 0.15) is 68.3 Å². The van der Waals surface area contributed by atoms with E-state index in [4.69, 9.17) is 10.5 Å². The Bertz CT molecular complexity index is 876. The third kappa shape index (κ3) is 7.08. The van der Waals surface area contributed by atoms with Crippen LogP contribution in [0.25, 0.3) is 0 Å². The Labute approximate surface area is 188 Å². The number of methoxy groups -OCH3 is 1. The number of hydrogen-bond acceptors (Lipinski definition) is 6. The van der Waals surface area contributed by atoms with Gasteiger partial charge < -0.3 is 10.5 Å². The molecule has 0 amide bonds. The quantitative estimate of drug-likeness (QED) is 0.176. The lowest BCUT2D eigenvalue weighted by Gasteiger charge is -2.29. The number of carbonyl (C=O) groups is 1. The second-order valence-electron chi connectivity index (χ2n) is 7.85. The summed E-state index contributed by atoms with van der Waals surface area (Å²) in [5.41, 5.74) is 7.11. The van der Waals surface area contributed by atoms with E-state index in [1.54, 1.807) is 37.4 Å². The molecule has 0 atom stereocenters. The van der Waals surface area contributed by atoms with Gasteiger partial charge in [-0.2, -0.15) is 0 Å². The molecule has 168 valence electrons. The maximum atomic E-state index is 13.2. The van der Waals surface area contributed by atoms with Gasteiger partial charge >= 0.3 is 0 Å². The number of unbranched alkanes of at least 4 members (excludes halogenated alkanes) is 2. The smallest absolute Gasteiger partial charge is 0.270 e. The van der Waals surface area contributed by atoms with Crippen LogP contribution < -0.4 is 10.5 Å². The lowest BCUT2D eigenvalue weighted by atomic mass is 9.90. The first kappa shape index (κ1) is 24.9. The van der Waals surface area contributed by atoms with Crippen molar-refractivity contribution < 1.29 is 14.5 Å². The summed E-state index contributed by atoms with van der Waals surface area (Å²) in [5.74, 6) is 1.05. The summed E-state index contributed by atoms with van der Waals surface area (Å²) in [7, 11) is 1.56. The van der Waals surface area contributed by atoms with Gasteiger partial charge in [0.25, 0.3) is 5.69 Å². The topological polar surface area (TPSA) is 95.5 Å². The molecule has 0 aliphatic carbocycles. The minimum absolute atomic E-state index is 0.0998.